The number of nitriles is 1. The van der Waals surface area contributed by atoms with Gasteiger partial charge in [-0.25, -0.2) is 4.98 Å². The minimum absolute atomic E-state index is 0.0358. The molecule has 32 heavy (non-hydrogen) atoms. The van der Waals surface area contributed by atoms with E-state index >= 15 is 0 Å². The van der Waals surface area contributed by atoms with Crippen LogP contribution in [0.3, 0.4) is 0 Å². The first kappa shape index (κ1) is 22.8. The third-order valence-electron chi connectivity index (χ3n) is 6.09. The van der Waals surface area contributed by atoms with E-state index in [9.17, 15) is 14.9 Å². The van der Waals surface area contributed by atoms with Crippen LogP contribution in [0.25, 0.3) is 11.0 Å². The molecule has 4 rings (SSSR count). The van der Waals surface area contributed by atoms with Crippen LogP contribution in [-0.4, -0.2) is 47.0 Å². The number of aromatic nitrogens is 2. The molecule has 170 valence electrons. The zero-order chi connectivity index (χ0) is 22.7. The number of nitrogens with zero attached hydrogens (tertiary/aromatic N) is 2. The molecule has 8 nitrogen and oxygen atoms in total. The molecule has 2 aliphatic rings. The highest BCUT2D eigenvalue weighted by Gasteiger charge is 2.32. The molecule has 0 bridgehead atoms. The van der Waals surface area contributed by atoms with E-state index in [1.807, 2.05) is 0 Å². The lowest BCUT2D eigenvalue weighted by Gasteiger charge is -2.26. The van der Waals surface area contributed by atoms with E-state index in [1.54, 1.807) is 12.1 Å². The molecule has 2 amide bonds. The van der Waals surface area contributed by atoms with Crippen LogP contribution in [-0.2, 0) is 4.79 Å². The molecule has 1 aliphatic heterocycles. The number of aromatic amines is 1. The molecule has 4 N–H and O–H groups in total. The lowest BCUT2D eigenvalue weighted by Crippen LogP contribution is -2.50. The summed E-state index contributed by atoms with van der Waals surface area (Å²) in [5, 5.41) is 19.3. The van der Waals surface area contributed by atoms with Crippen molar-refractivity contribution in [3.63, 3.8) is 0 Å². The third-order valence-corrected chi connectivity index (χ3v) is 6.71. The summed E-state index contributed by atoms with van der Waals surface area (Å²) in [5.74, 6) is -0.0653. The van der Waals surface area contributed by atoms with Crippen molar-refractivity contribution in [1.82, 2.24) is 25.9 Å². The number of piperidine rings is 1. The van der Waals surface area contributed by atoms with Crippen molar-refractivity contribution in [3.05, 3.63) is 28.0 Å². The number of carbonyl (C=O) groups excluding carboxylic acids is 2. The summed E-state index contributed by atoms with van der Waals surface area (Å²) in [6.07, 6.45) is 5.31. The molecule has 0 unspecified atom stereocenters. The minimum atomic E-state index is -0.741. The van der Waals surface area contributed by atoms with Crippen molar-refractivity contribution < 1.29 is 9.59 Å². The van der Waals surface area contributed by atoms with Gasteiger partial charge in [0.25, 0.3) is 5.91 Å². The summed E-state index contributed by atoms with van der Waals surface area (Å²) >= 11 is 12.3. The summed E-state index contributed by atoms with van der Waals surface area (Å²) in [4.78, 5) is 33.0. The van der Waals surface area contributed by atoms with E-state index < -0.39 is 18.0 Å². The number of hydrogen-bond acceptors (Lipinski definition) is 5. The van der Waals surface area contributed by atoms with E-state index in [-0.39, 0.29) is 11.7 Å². The Bertz CT molecular complexity index is 1000. The predicted octanol–water partition coefficient (Wildman–Crippen LogP) is 3.17. The maximum Gasteiger partial charge on any atom is 0.287 e. The summed E-state index contributed by atoms with van der Waals surface area (Å²) in [7, 11) is 0. The Morgan fingerprint density at radius 3 is 2.59 bits per heavy atom. The monoisotopic (exact) mass is 476 g/mol. The maximum absolute atomic E-state index is 13.0. The van der Waals surface area contributed by atoms with Crippen LogP contribution < -0.4 is 16.0 Å². The van der Waals surface area contributed by atoms with E-state index in [4.69, 9.17) is 23.2 Å². The van der Waals surface area contributed by atoms with E-state index in [0.29, 0.717) is 45.8 Å². The Morgan fingerprint density at radius 2 is 1.94 bits per heavy atom. The van der Waals surface area contributed by atoms with Crippen molar-refractivity contribution in [2.75, 3.05) is 13.1 Å². The van der Waals surface area contributed by atoms with Crippen LogP contribution in [0, 0.1) is 23.2 Å². The average molecular weight is 477 g/mol. The molecular formula is C22H26Cl2N6O2. The van der Waals surface area contributed by atoms with Gasteiger partial charge in [0.1, 0.15) is 17.6 Å². The van der Waals surface area contributed by atoms with Crippen LogP contribution >= 0.6 is 23.2 Å². The maximum atomic E-state index is 13.0. The molecule has 3 atom stereocenters. The first-order valence-electron chi connectivity index (χ1n) is 11.0. The Labute approximate surface area is 196 Å². The zero-order valence-electron chi connectivity index (χ0n) is 17.6. The van der Waals surface area contributed by atoms with Crippen LogP contribution in [0.2, 0.25) is 10.0 Å². The number of H-pyrrole nitrogens is 1. The average Bonchev–Trinajstić information content (AvgIpc) is 3.49. The molecule has 0 radical (unpaired) electrons. The fourth-order valence-electron chi connectivity index (χ4n) is 4.15. The quantitative estimate of drug-likeness (QED) is 0.465. The van der Waals surface area contributed by atoms with Gasteiger partial charge in [0.2, 0.25) is 5.91 Å². The van der Waals surface area contributed by atoms with Gasteiger partial charge in [-0.05, 0) is 62.7 Å². The van der Waals surface area contributed by atoms with Gasteiger partial charge >= 0.3 is 0 Å². The number of hydrogen-bond donors (Lipinski definition) is 4. The first-order valence-corrected chi connectivity index (χ1v) is 11.8. The molecule has 10 heteroatoms. The minimum Gasteiger partial charge on any atom is -0.339 e. The molecule has 2 fully saturated rings. The fourth-order valence-corrected chi connectivity index (χ4v) is 4.55. The van der Waals surface area contributed by atoms with E-state index in [0.717, 1.165) is 38.8 Å². The highest BCUT2D eigenvalue weighted by Crippen LogP contribution is 2.34. The van der Waals surface area contributed by atoms with Crippen molar-refractivity contribution in [2.24, 2.45) is 11.8 Å². The topological polar surface area (TPSA) is 123 Å². The van der Waals surface area contributed by atoms with Crippen LogP contribution in [0.5, 0.6) is 0 Å². The van der Waals surface area contributed by atoms with Gasteiger partial charge in [-0.1, -0.05) is 36.0 Å². The van der Waals surface area contributed by atoms with E-state index in [1.165, 1.54) is 0 Å². The van der Waals surface area contributed by atoms with Gasteiger partial charge in [0, 0.05) is 0 Å². The van der Waals surface area contributed by atoms with Crippen LogP contribution in [0.1, 0.15) is 49.1 Å². The van der Waals surface area contributed by atoms with Crippen molar-refractivity contribution in [3.8, 4) is 6.07 Å². The van der Waals surface area contributed by atoms with Crippen molar-refractivity contribution in [1.29, 1.82) is 5.26 Å². The number of nitrogens with one attached hydrogen (secondary N) is 4. The SMILES string of the molecule is N#C[C@H](C[C@@H]1CCCNC1)NC(=O)[C@H](CC1CC1)NC(=O)c1nc2c(Cl)ccc(Cl)c2[nH]1. The Balaban J connectivity index is 1.44. The fraction of sp³-hybridized carbons (Fsp3) is 0.545. The highest BCUT2D eigenvalue weighted by atomic mass is 35.5. The molecule has 2 aromatic rings. The Kier molecular flexibility index (Phi) is 7.19. The van der Waals surface area contributed by atoms with Gasteiger partial charge < -0.3 is 20.9 Å². The summed E-state index contributed by atoms with van der Waals surface area (Å²) in [6.45, 7) is 1.85. The Morgan fingerprint density at radius 1 is 1.16 bits per heavy atom. The van der Waals surface area contributed by atoms with Crippen molar-refractivity contribution >= 4 is 46.0 Å². The predicted molar refractivity (Wildman–Crippen MR) is 122 cm³/mol. The second-order valence-corrected chi connectivity index (χ2v) is 9.50. The van der Waals surface area contributed by atoms with Gasteiger partial charge in [0.15, 0.2) is 5.82 Å². The molecule has 1 saturated heterocycles. The highest BCUT2D eigenvalue weighted by molar-refractivity contribution is 6.39. The number of rotatable bonds is 8. The number of imidazole rings is 1. The van der Waals surface area contributed by atoms with Crippen LogP contribution in [0.4, 0.5) is 0 Å². The largest absolute Gasteiger partial charge is 0.339 e. The number of carbonyl (C=O) groups is 2. The van der Waals surface area contributed by atoms with E-state index in [2.05, 4.69) is 32.0 Å². The third kappa shape index (κ3) is 5.52. The van der Waals surface area contributed by atoms with Gasteiger partial charge in [-0.3, -0.25) is 9.59 Å². The normalized spacial score (nSPS) is 20.3. The molecule has 1 saturated carbocycles. The number of halogens is 2. The van der Waals surface area contributed by atoms with Gasteiger partial charge in [-0.15, -0.1) is 0 Å². The van der Waals surface area contributed by atoms with Gasteiger partial charge in [0.05, 0.1) is 21.6 Å². The van der Waals surface area contributed by atoms with Crippen molar-refractivity contribution in [2.45, 2.75) is 50.6 Å². The molecule has 1 aromatic heterocycles. The molecule has 2 heterocycles. The second kappa shape index (κ2) is 10.1. The molecule has 1 aliphatic carbocycles. The second-order valence-electron chi connectivity index (χ2n) is 8.68. The zero-order valence-corrected chi connectivity index (χ0v) is 19.1. The van der Waals surface area contributed by atoms with Crippen LogP contribution in [0.15, 0.2) is 12.1 Å². The molecular weight excluding hydrogens is 451 g/mol. The number of benzene rings is 1. The lowest BCUT2D eigenvalue weighted by molar-refractivity contribution is -0.123. The smallest absolute Gasteiger partial charge is 0.287 e. The van der Waals surface area contributed by atoms with Gasteiger partial charge in [-0.2, -0.15) is 5.26 Å². The standard InChI is InChI=1S/C22H26Cl2N6O2/c23-15-5-6-16(24)19-18(15)29-20(30-19)22(32)28-17(9-12-3-4-12)21(31)27-14(10-25)8-13-2-1-7-26-11-13/h5-6,12-14,17,26H,1-4,7-9,11H2,(H,27,31)(H,28,32)(H,29,30)/t13-,14-,17-/m0/s1. The molecule has 0 spiro atoms. The summed E-state index contributed by atoms with van der Waals surface area (Å²) in [6, 6.07) is 4.11. The molecule has 1 aromatic carbocycles. The number of fused-ring (bicyclic) bond motifs is 1. The number of amides is 2. The lowest BCUT2D eigenvalue weighted by atomic mass is 9.92. The summed E-state index contributed by atoms with van der Waals surface area (Å²) in [5.41, 5.74) is 0.872. The summed E-state index contributed by atoms with van der Waals surface area (Å²) < 4.78 is 0. The first-order chi connectivity index (χ1) is 15.4. The Hall–Kier alpha value is -2.34.